The van der Waals surface area contributed by atoms with Gasteiger partial charge in [0.15, 0.2) is 0 Å². The highest BCUT2D eigenvalue weighted by Crippen LogP contribution is 2.24. The molecule has 3 heteroatoms. The fourth-order valence-corrected chi connectivity index (χ4v) is 2.07. The summed E-state index contributed by atoms with van der Waals surface area (Å²) in [5, 5.41) is 0. The standard InChI is InChI=1S/C12H22O3/c1-2-3-4-5-9-14-11-7-6-8-12(11)15-10-13/h10-12H,2-9H2,1H3. The molecule has 0 saturated heterocycles. The zero-order valence-electron chi connectivity index (χ0n) is 9.61. The van der Waals surface area contributed by atoms with E-state index in [1.165, 1.54) is 19.3 Å². The van der Waals surface area contributed by atoms with Crippen LogP contribution in [0.15, 0.2) is 0 Å². The van der Waals surface area contributed by atoms with Gasteiger partial charge in [-0.05, 0) is 25.7 Å². The first-order chi connectivity index (χ1) is 7.38. The molecule has 0 bridgehead atoms. The van der Waals surface area contributed by atoms with Crippen LogP contribution in [0.2, 0.25) is 0 Å². The van der Waals surface area contributed by atoms with Gasteiger partial charge in [0.2, 0.25) is 0 Å². The summed E-state index contributed by atoms with van der Waals surface area (Å²) in [6, 6.07) is 0. The van der Waals surface area contributed by atoms with Crippen LogP contribution in [-0.2, 0) is 14.3 Å². The van der Waals surface area contributed by atoms with E-state index in [0.29, 0.717) is 6.47 Å². The van der Waals surface area contributed by atoms with Crippen molar-refractivity contribution in [3.05, 3.63) is 0 Å². The lowest BCUT2D eigenvalue weighted by molar-refractivity contribution is -0.139. The lowest BCUT2D eigenvalue weighted by Gasteiger charge is -2.18. The Morgan fingerprint density at radius 3 is 2.73 bits per heavy atom. The van der Waals surface area contributed by atoms with Crippen molar-refractivity contribution in [3.8, 4) is 0 Å². The zero-order chi connectivity index (χ0) is 10.9. The molecule has 1 saturated carbocycles. The van der Waals surface area contributed by atoms with Gasteiger partial charge in [-0.25, -0.2) is 0 Å². The first-order valence-electron chi connectivity index (χ1n) is 6.09. The van der Waals surface area contributed by atoms with Crippen LogP contribution in [-0.4, -0.2) is 25.3 Å². The number of carbonyl (C=O) groups excluding carboxylic acids is 1. The number of rotatable bonds is 8. The summed E-state index contributed by atoms with van der Waals surface area (Å²) in [4.78, 5) is 10.2. The molecule has 0 aromatic heterocycles. The second-order valence-corrected chi connectivity index (χ2v) is 4.17. The molecule has 1 rings (SSSR count). The Hall–Kier alpha value is -0.570. The molecule has 0 aromatic carbocycles. The number of unbranched alkanes of at least 4 members (excludes halogenated alkanes) is 3. The Kier molecular flexibility index (Phi) is 6.41. The van der Waals surface area contributed by atoms with Gasteiger partial charge in [0.05, 0.1) is 6.10 Å². The first kappa shape index (κ1) is 12.5. The van der Waals surface area contributed by atoms with Crippen molar-refractivity contribution < 1.29 is 14.3 Å². The van der Waals surface area contributed by atoms with Crippen LogP contribution < -0.4 is 0 Å². The summed E-state index contributed by atoms with van der Waals surface area (Å²) < 4.78 is 10.7. The van der Waals surface area contributed by atoms with Gasteiger partial charge in [-0.2, -0.15) is 0 Å². The molecular weight excluding hydrogens is 192 g/mol. The molecular formula is C12H22O3. The smallest absolute Gasteiger partial charge is 0.293 e. The van der Waals surface area contributed by atoms with Crippen molar-refractivity contribution in [1.82, 2.24) is 0 Å². The van der Waals surface area contributed by atoms with E-state index in [4.69, 9.17) is 9.47 Å². The van der Waals surface area contributed by atoms with Gasteiger partial charge < -0.3 is 9.47 Å². The van der Waals surface area contributed by atoms with E-state index in [2.05, 4.69) is 6.92 Å². The Morgan fingerprint density at radius 2 is 2.00 bits per heavy atom. The van der Waals surface area contributed by atoms with Gasteiger partial charge in [-0.1, -0.05) is 26.2 Å². The Morgan fingerprint density at radius 1 is 1.20 bits per heavy atom. The van der Waals surface area contributed by atoms with Crippen LogP contribution in [0.3, 0.4) is 0 Å². The number of ether oxygens (including phenoxy) is 2. The SMILES string of the molecule is CCCCCCOC1CCCC1OC=O. The summed E-state index contributed by atoms with van der Waals surface area (Å²) in [6.45, 7) is 3.55. The zero-order valence-corrected chi connectivity index (χ0v) is 9.61. The van der Waals surface area contributed by atoms with Crippen LogP contribution in [0.4, 0.5) is 0 Å². The van der Waals surface area contributed by atoms with Gasteiger partial charge >= 0.3 is 0 Å². The van der Waals surface area contributed by atoms with Crippen LogP contribution in [0.5, 0.6) is 0 Å². The normalized spacial score (nSPS) is 25.4. The molecule has 0 heterocycles. The second-order valence-electron chi connectivity index (χ2n) is 4.17. The Labute approximate surface area is 92.1 Å². The third-order valence-electron chi connectivity index (χ3n) is 2.95. The summed E-state index contributed by atoms with van der Waals surface area (Å²) >= 11 is 0. The third kappa shape index (κ3) is 4.65. The molecule has 2 atom stereocenters. The fourth-order valence-electron chi connectivity index (χ4n) is 2.07. The van der Waals surface area contributed by atoms with E-state index in [9.17, 15) is 4.79 Å². The molecule has 0 aliphatic heterocycles. The molecule has 1 aliphatic carbocycles. The Balaban J connectivity index is 2.06. The van der Waals surface area contributed by atoms with Crippen LogP contribution in [0.25, 0.3) is 0 Å². The van der Waals surface area contributed by atoms with Gasteiger partial charge in [-0.15, -0.1) is 0 Å². The summed E-state index contributed by atoms with van der Waals surface area (Å²) in [6.07, 6.45) is 8.15. The second kappa shape index (κ2) is 7.69. The Bertz CT molecular complexity index is 170. The molecule has 1 aliphatic rings. The highest BCUT2D eigenvalue weighted by molar-refractivity contribution is 5.37. The first-order valence-corrected chi connectivity index (χ1v) is 6.09. The minimum atomic E-state index is 0.00803. The van der Waals surface area contributed by atoms with Gasteiger partial charge in [-0.3, -0.25) is 4.79 Å². The van der Waals surface area contributed by atoms with Crippen molar-refractivity contribution in [2.24, 2.45) is 0 Å². The monoisotopic (exact) mass is 214 g/mol. The van der Waals surface area contributed by atoms with Crippen molar-refractivity contribution in [2.45, 2.75) is 64.1 Å². The van der Waals surface area contributed by atoms with Crippen LogP contribution >= 0.6 is 0 Å². The maximum Gasteiger partial charge on any atom is 0.293 e. The lowest BCUT2D eigenvalue weighted by Crippen LogP contribution is -2.26. The fraction of sp³-hybridized carbons (Fsp3) is 0.917. The van der Waals surface area contributed by atoms with Crippen molar-refractivity contribution in [1.29, 1.82) is 0 Å². The number of carbonyl (C=O) groups is 1. The quantitative estimate of drug-likeness (QED) is 0.460. The van der Waals surface area contributed by atoms with E-state index in [1.54, 1.807) is 0 Å². The lowest BCUT2D eigenvalue weighted by atomic mass is 10.2. The average molecular weight is 214 g/mol. The molecule has 0 N–H and O–H groups in total. The van der Waals surface area contributed by atoms with Gasteiger partial charge in [0, 0.05) is 6.61 Å². The maximum atomic E-state index is 10.2. The molecule has 0 radical (unpaired) electrons. The molecule has 0 amide bonds. The summed E-state index contributed by atoms with van der Waals surface area (Å²) in [7, 11) is 0. The number of hydrogen-bond donors (Lipinski definition) is 0. The van der Waals surface area contributed by atoms with E-state index in [-0.39, 0.29) is 12.2 Å². The average Bonchev–Trinajstić information content (AvgIpc) is 2.66. The van der Waals surface area contributed by atoms with Crippen LogP contribution in [0, 0.1) is 0 Å². The third-order valence-corrected chi connectivity index (χ3v) is 2.95. The summed E-state index contributed by atoms with van der Waals surface area (Å²) in [5.41, 5.74) is 0. The maximum absolute atomic E-state index is 10.2. The van der Waals surface area contributed by atoms with Crippen LogP contribution in [0.1, 0.15) is 51.9 Å². The largest absolute Gasteiger partial charge is 0.462 e. The van der Waals surface area contributed by atoms with E-state index >= 15 is 0 Å². The van der Waals surface area contributed by atoms with Crippen molar-refractivity contribution in [2.75, 3.05) is 6.61 Å². The predicted octanol–water partition coefficient (Wildman–Crippen LogP) is 2.68. The molecule has 88 valence electrons. The molecule has 15 heavy (non-hydrogen) atoms. The molecule has 0 aromatic rings. The highest BCUT2D eigenvalue weighted by atomic mass is 16.6. The predicted molar refractivity (Wildman–Crippen MR) is 58.7 cm³/mol. The van der Waals surface area contributed by atoms with Crippen molar-refractivity contribution in [3.63, 3.8) is 0 Å². The minimum absolute atomic E-state index is 0.00803. The molecule has 3 nitrogen and oxygen atoms in total. The molecule has 2 unspecified atom stereocenters. The topological polar surface area (TPSA) is 35.5 Å². The molecule has 0 spiro atoms. The minimum Gasteiger partial charge on any atom is -0.462 e. The van der Waals surface area contributed by atoms with Gasteiger partial charge in [0.25, 0.3) is 6.47 Å². The highest BCUT2D eigenvalue weighted by Gasteiger charge is 2.28. The number of hydrogen-bond acceptors (Lipinski definition) is 3. The van der Waals surface area contributed by atoms with E-state index in [1.807, 2.05) is 0 Å². The van der Waals surface area contributed by atoms with Gasteiger partial charge in [0.1, 0.15) is 6.10 Å². The van der Waals surface area contributed by atoms with E-state index < -0.39 is 0 Å². The molecule has 1 fully saturated rings. The van der Waals surface area contributed by atoms with Crippen molar-refractivity contribution >= 4 is 6.47 Å². The summed E-state index contributed by atoms with van der Waals surface area (Å²) in [5.74, 6) is 0. The van der Waals surface area contributed by atoms with E-state index in [0.717, 1.165) is 32.3 Å².